The van der Waals surface area contributed by atoms with Crippen LogP contribution in [0.5, 0.6) is 5.75 Å². The van der Waals surface area contributed by atoms with Crippen molar-refractivity contribution in [2.75, 3.05) is 0 Å². The molecule has 1 N–H and O–H groups in total. The number of aromatic amines is 1. The number of aromatic nitrogens is 4. The van der Waals surface area contributed by atoms with Crippen LogP contribution in [0, 0.1) is 0 Å². The summed E-state index contributed by atoms with van der Waals surface area (Å²) in [6.07, 6.45) is 3.65. The predicted molar refractivity (Wildman–Crippen MR) is 84.0 cm³/mol. The van der Waals surface area contributed by atoms with Crippen LogP contribution >= 0.6 is 0 Å². The van der Waals surface area contributed by atoms with Crippen LogP contribution in [0.15, 0.2) is 67.1 Å². The van der Waals surface area contributed by atoms with Gasteiger partial charge in [0.15, 0.2) is 0 Å². The highest BCUT2D eigenvalue weighted by atomic mass is 16.5. The van der Waals surface area contributed by atoms with Crippen LogP contribution < -0.4 is 4.74 Å². The highest BCUT2D eigenvalue weighted by Crippen LogP contribution is 2.15. The monoisotopic (exact) mass is 290 g/mol. The summed E-state index contributed by atoms with van der Waals surface area (Å²) in [7, 11) is 0. The molecule has 4 aromatic rings. The van der Waals surface area contributed by atoms with Crippen LogP contribution in [-0.4, -0.2) is 19.5 Å². The SMILES string of the molecule is c1ccc(OCc2cn(-c3nc4ccccc4[nH]3)cn2)cc1. The predicted octanol–water partition coefficient (Wildman–Crippen LogP) is 3.33. The molecule has 0 aliphatic carbocycles. The smallest absolute Gasteiger partial charge is 0.213 e. The molecule has 5 heteroatoms. The summed E-state index contributed by atoms with van der Waals surface area (Å²) in [6, 6.07) is 17.6. The summed E-state index contributed by atoms with van der Waals surface area (Å²) in [4.78, 5) is 12.2. The fourth-order valence-electron chi connectivity index (χ4n) is 2.29. The van der Waals surface area contributed by atoms with Gasteiger partial charge in [0.2, 0.25) is 5.95 Å². The van der Waals surface area contributed by atoms with E-state index in [0.717, 1.165) is 28.4 Å². The van der Waals surface area contributed by atoms with Crippen LogP contribution in [0.3, 0.4) is 0 Å². The second-order valence-electron chi connectivity index (χ2n) is 4.95. The first kappa shape index (κ1) is 12.6. The van der Waals surface area contributed by atoms with Crippen molar-refractivity contribution >= 4 is 11.0 Å². The minimum absolute atomic E-state index is 0.428. The van der Waals surface area contributed by atoms with Crippen molar-refractivity contribution in [1.29, 1.82) is 0 Å². The molecule has 0 aliphatic heterocycles. The number of nitrogens with zero attached hydrogens (tertiary/aromatic N) is 3. The number of para-hydroxylation sites is 3. The first-order valence-electron chi connectivity index (χ1n) is 7.04. The second-order valence-corrected chi connectivity index (χ2v) is 4.95. The van der Waals surface area contributed by atoms with Crippen LogP contribution in [0.1, 0.15) is 5.69 Å². The summed E-state index contributed by atoms with van der Waals surface area (Å²) in [5, 5.41) is 0. The average Bonchev–Trinajstić information content (AvgIpc) is 3.20. The quantitative estimate of drug-likeness (QED) is 0.627. The number of hydrogen-bond acceptors (Lipinski definition) is 3. The fourth-order valence-corrected chi connectivity index (χ4v) is 2.29. The van der Waals surface area contributed by atoms with Crippen molar-refractivity contribution in [1.82, 2.24) is 19.5 Å². The molecule has 0 bridgehead atoms. The van der Waals surface area contributed by atoms with Crippen LogP contribution in [0.25, 0.3) is 17.0 Å². The maximum atomic E-state index is 5.69. The zero-order chi connectivity index (χ0) is 14.8. The van der Waals surface area contributed by atoms with Crippen molar-refractivity contribution in [3.05, 3.63) is 72.8 Å². The Morgan fingerprint density at radius 2 is 1.82 bits per heavy atom. The first-order valence-corrected chi connectivity index (χ1v) is 7.04. The van der Waals surface area contributed by atoms with Gasteiger partial charge < -0.3 is 9.72 Å². The maximum absolute atomic E-state index is 5.69. The Labute approximate surface area is 127 Å². The Hall–Kier alpha value is -3.08. The third kappa shape index (κ3) is 2.44. The van der Waals surface area contributed by atoms with Gasteiger partial charge in [-0.2, -0.15) is 0 Å². The van der Waals surface area contributed by atoms with E-state index >= 15 is 0 Å². The molecular formula is C17H14N4O. The normalized spacial score (nSPS) is 10.9. The van der Waals surface area contributed by atoms with Crippen molar-refractivity contribution < 1.29 is 4.74 Å². The Balaban J connectivity index is 1.53. The number of benzene rings is 2. The standard InChI is InChI=1S/C17H14N4O/c1-2-6-14(7-3-1)22-11-13-10-21(12-18-13)17-19-15-8-4-5-9-16(15)20-17/h1-10,12H,11H2,(H,19,20). The maximum Gasteiger partial charge on any atom is 0.213 e. The molecule has 22 heavy (non-hydrogen) atoms. The highest BCUT2D eigenvalue weighted by molar-refractivity contribution is 5.75. The molecule has 2 heterocycles. The summed E-state index contributed by atoms with van der Waals surface area (Å²) in [5.41, 5.74) is 2.80. The minimum atomic E-state index is 0.428. The molecule has 108 valence electrons. The number of fused-ring (bicyclic) bond motifs is 1. The van der Waals surface area contributed by atoms with Gasteiger partial charge >= 0.3 is 0 Å². The van der Waals surface area contributed by atoms with E-state index in [9.17, 15) is 0 Å². The number of rotatable bonds is 4. The van der Waals surface area contributed by atoms with Gasteiger partial charge in [-0.05, 0) is 24.3 Å². The van der Waals surface area contributed by atoms with Gasteiger partial charge in [0, 0.05) is 6.20 Å². The molecule has 0 unspecified atom stereocenters. The summed E-state index contributed by atoms with van der Waals surface area (Å²) in [6.45, 7) is 0.428. The Morgan fingerprint density at radius 3 is 2.68 bits per heavy atom. The van der Waals surface area contributed by atoms with Crippen LogP contribution in [0.2, 0.25) is 0 Å². The van der Waals surface area contributed by atoms with Gasteiger partial charge in [-0.3, -0.25) is 4.57 Å². The number of H-pyrrole nitrogens is 1. The number of nitrogens with one attached hydrogen (secondary N) is 1. The van der Waals surface area contributed by atoms with Crippen LogP contribution in [-0.2, 0) is 6.61 Å². The molecule has 4 rings (SSSR count). The minimum Gasteiger partial charge on any atom is -0.487 e. The van der Waals surface area contributed by atoms with Gasteiger partial charge in [-0.25, -0.2) is 9.97 Å². The Kier molecular flexibility index (Phi) is 3.08. The van der Waals surface area contributed by atoms with Crippen molar-refractivity contribution in [3.8, 4) is 11.7 Å². The van der Waals surface area contributed by atoms with Crippen molar-refractivity contribution in [2.45, 2.75) is 6.61 Å². The highest BCUT2D eigenvalue weighted by Gasteiger charge is 2.06. The van der Waals surface area contributed by atoms with Crippen molar-refractivity contribution in [3.63, 3.8) is 0 Å². The second kappa shape index (κ2) is 5.37. The lowest BCUT2D eigenvalue weighted by atomic mass is 10.3. The van der Waals surface area contributed by atoms with Gasteiger partial charge in [0.25, 0.3) is 0 Å². The van der Waals surface area contributed by atoms with E-state index in [-0.39, 0.29) is 0 Å². The van der Waals surface area contributed by atoms with E-state index < -0.39 is 0 Å². The molecule has 0 aliphatic rings. The topological polar surface area (TPSA) is 55.7 Å². The van der Waals surface area contributed by atoms with Gasteiger partial charge in [-0.15, -0.1) is 0 Å². The molecule has 0 radical (unpaired) electrons. The number of imidazole rings is 2. The molecule has 0 amide bonds. The lowest BCUT2D eigenvalue weighted by Gasteiger charge is -2.02. The number of ether oxygens (including phenoxy) is 1. The number of hydrogen-bond donors (Lipinski definition) is 1. The molecule has 5 nitrogen and oxygen atoms in total. The molecule has 0 saturated carbocycles. The summed E-state index contributed by atoms with van der Waals surface area (Å²) in [5.74, 6) is 1.58. The lowest BCUT2D eigenvalue weighted by Crippen LogP contribution is -1.96. The van der Waals surface area contributed by atoms with Crippen LogP contribution in [0.4, 0.5) is 0 Å². The summed E-state index contributed by atoms with van der Waals surface area (Å²) >= 11 is 0. The van der Waals surface area contributed by atoms with Gasteiger partial charge in [-0.1, -0.05) is 30.3 Å². The fraction of sp³-hybridized carbons (Fsp3) is 0.0588. The van der Waals surface area contributed by atoms with Crippen molar-refractivity contribution in [2.24, 2.45) is 0 Å². The molecule has 0 fully saturated rings. The molecule has 2 aromatic heterocycles. The van der Waals surface area contributed by atoms with E-state index in [0.29, 0.717) is 6.61 Å². The molecular weight excluding hydrogens is 276 g/mol. The third-order valence-electron chi connectivity index (χ3n) is 3.39. The largest absolute Gasteiger partial charge is 0.487 e. The average molecular weight is 290 g/mol. The summed E-state index contributed by atoms with van der Waals surface area (Å²) < 4.78 is 7.56. The zero-order valence-electron chi connectivity index (χ0n) is 11.8. The third-order valence-corrected chi connectivity index (χ3v) is 3.39. The first-order chi connectivity index (χ1) is 10.9. The molecule has 2 aromatic carbocycles. The zero-order valence-corrected chi connectivity index (χ0v) is 11.8. The van der Waals surface area contributed by atoms with Gasteiger partial charge in [0.1, 0.15) is 18.7 Å². The van der Waals surface area contributed by atoms with Gasteiger partial charge in [0.05, 0.1) is 16.7 Å². The van der Waals surface area contributed by atoms with E-state index in [1.807, 2.05) is 65.4 Å². The van der Waals surface area contributed by atoms with E-state index in [1.54, 1.807) is 6.33 Å². The van der Waals surface area contributed by atoms with E-state index in [1.165, 1.54) is 0 Å². The Bertz CT molecular complexity index is 862. The molecule has 0 atom stereocenters. The van der Waals surface area contributed by atoms with E-state index in [2.05, 4.69) is 15.0 Å². The molecule has 0 spiro atoms. The molecule has 0 saturated heterocycles. The van der Waals surface area contributed by atoms with E-state index in [4.69, 9.17) is 4.74 Å². The Morgan fingerprint density at radius 1 is 1.00 bits per heavy atom. The lowest BCUT2D eigenvalue weighted by molar-refractivity contribution is 0.302.